The fraction of sp³-hybridized carbons (Fsp3) is 0.267. The fourth-order valence-electron chi connectivity index (χ4n) is 1.57. The van der Waals surface area contributed by atoms with Gasteiger partial charge in [-0.25, -0.2) is 4.79 Å². The number of anilines is 1. The number of rotatable bonds is 5. The van der Waals surface area contributed by atoms with Crippen molar-refractivity contribution in [2.75, 3.05) is 11.9 Å². The summed E-state index contributed by atoms with van der Waals surface area (Å²) >= 11 is 0. The van der Waals surface area contributed by atoms with E-state index in [9.17, 15) is 9.59 Å². The molecule has 1 amide bonds. The number of nitrogens with zero attached hydrogens (tertiary/aromatic N) is 1. The van der Waals surface area contributed by atoms with Gasteiger partial charge in [-0.15, -0.1) is 0 Å². The number of esters is 1. The Hall–Kier alpha value is -2.61. The van der Waals surface area contributed by atoms with E-state index in [-0.39, 0.29) is 24.5 Å². The molecule has 20 heavy (non-hydrogen) atoms. The van der Waals surface area contributed by atoms with Gasteiger partial charge in [0.25, 0.3) is 0 Å². The quantitative estimate of drug-likeness (QED) is 0.507. The van der Waals surface area contributed by atoms with Crippen molar-refractivity contribution in [1.29, 1.82) is 5.26 Å². The van der Waals surface area contributed by atoms with Gasteiger partial charge in [0.2, 0.25) is 5.91 Å². The van der Waals surface area contributed by atoms with Crippen molar-refractivity contribution in [1.82, 2.24) is 0 Å². The number of benzene rings is 1. The van der Waals surface area contributed by atoms with E-state index in [4.69, 9.17) is 10.00 Å². The average molecular weight is 272 g/mol. The Balaban J connectivity index is 2.73. The van der Waals surface area contributed by atoms with Crippen molar-refractivity contribution in [2.45, 2.75) is 20.3 Å². The van der Waals surface area contributed by atoms with Crippen molar-refractivity contribution in [2.24, 2.45) is 0 Å². The van der Waals surface area contributed by atoms with Gasteiger partial charge in [0.1, 0.15) is 11.6 Å². The SMILES string of the molecule is CCOC(=O)C(C#N)=C(C)CC(=O)Nc1ccccc1. The molecule has 1 rings (SSSR count). The lowest BCUT2D eigenvalue weighted by molar-refractivity contribution is -0.138. The topological polar surface area (TPSA) is 79.2 Å². The second-order valence-electron chi connectivity index (χ2n) is 4.08. The summed E-state index contributed by atoms with van der Waals surface area (Å²) in [6, 6.07) is 10.7. The van der Waals surface area contributed by atoms with E-state index in [0.717, 1.165) is 0 Å². The van der Waals surface area contributed by atoms with Crippen molar-refractivity contribution < 1.29 is 14.3 Å². The van der Waals surface area contributed by atoms with Gasteiger partial charge in [0, 0.05) is 12.1 Å². The zero-order valence-corrected chi connectivity index (χ0v) is 11.5. The second-order valence-corrected chi connectivity index (χ2v) is 4.08. The van der Waals surface area contributed by atoms with Crippen LogP contribution in [0, 0.1) is 11.3 Å². The van der Waals surface area contributed by atoms with Gasteiger partial charge >= 0.3 is 5.97 Å². The highest BCUT2D eigenvalue weighted by atomic mass is 16.5. The minimum atomic E-state index is -0.694. The molecule has 0 aliphatic rings. The van der Waals surface area contributed by atoms with E-state index in [2.05, 4.69) is 5.32 Å². The predicted molar refractivity (Wildman–Crippen MR) is 74.6 cm³/mol. The Morgan fingerprint density at radius 3 is 2.50 bits per heavy atom. The number of ether oxygens (including phenoxy) is 1. The first kappa shape index (κ1) is 15.4. The summed E-state index contributed by atoms with van der Waals surface area (Å²) in [5, 5.41) is 11.6. The van der Waals surface area contributed by atoms with Crippen molar-refractivity contribution >= 4 is 17.6 Å². The molecule has 1 N–H and O–H groups in total. The number of amides is 1. The van der Waals surface area contributed by atoms with Gasteiger partial charge in [-0.05, 0) is 31.6 Å². The molecule has 5 heteroatoms. The molecule has 0 radical (unpaired) electrons. The van der Waals surface area contributed by atoms with Gasteiger partial charge in [-0.2, -0.15) is 5.26 Å². The molecule has 0 fully saturated rings. The molecule has 0 aliphatic carbocycles. The molecule has 0 unspecified atom stereocenters. The van der Waals surface area contributed by atoms with Gasteiger partial charge in [0.05, 0.1) is 6.61 Å². The van der Waals surface area contributed by atoms with E-state index < -0.39 is 5.97 Å². The molecule has 0 atom stereocenters. The number of hydrogen-bond donors (Lipinski definition) is 1. The lowest BCUT2D eigenvalue weighted by Gasteiger charge is -2.07. The highest BCUT2D eigenvalue weighted by molar-refractivity contribution is 5.97. The largest absolute Gasteiger partial charge is 0.462 e. The van der Waals surface area contributed by atoms with Gasteiger partial charge < -0.3 is 10.1 Å². The minimum absolute atomic E-state index is 0.0311. The minimum Gasteiger partial charge on any atom is -0.462 e. The molecule has 1 aromatic carbocycles. The first-order valence-electron chi connectivity index (χ1n) is 6.20. The summed E-state index contributed by atoms with van der Waals surface area (Å²) in [5.41, 5.74) is 0.939. The summed E-state index contributed by atoms with van der Waals surface area (Å²) in [6.45, 7) is 3.41. The third-order valence-electron chi connectivity index (χ3n) is 2.50. The fourth-order valence-corrected chi connectivity index (χ4v) is 1.57. The summed E-state index contributed by atoms with van der Waals surface area (Å²) in [7, 11) is 0. The molecule has 1 aromatic rings. The Morgan fingerprint density at radius 2 is 1.95 bits per heavy atom. The highest BCUT2D eigenvalue weighted by Gasteiger charge is 2.15. The molecule has 0 saturated heterocycles. The van der Waals surface area contributed by atoms with E-state index in [0.29, 0.717) is 11.3 Å². The summed E-state index contributed by atoms with van der Waals surface area (Å²) < 4.78 is 4.76. The molecule has 0 saturated carbocycles. The molecule has 0 heterocycles. The Kier molecular flexibility index (Phi) is 5.98. The average Bonchev–Trinajstić information content (AvgIpc) is 2.40. The maximum absolute atomic E-state index is 11.8. The number of nitriles is 1. The number of nitrogens with one attached hydrogen (secondary N) is 1. The van der Waals surface area contributed by atoms with Crippen LogP contribution in [0.15, 0.2) is 41.5 Å². The summed E-state index contributed by atoms with van der Waals surface area (Å²) in [5.74, 6) is -0.981. The van der Waals surface area contributed by atoms with Crippen LogP contribution >= 0.6 is 0 Å². The maximum Gasteiger partial charge on any atom is 0.348 e. The van der Waals surface area contributed by atoms with Gasteiger partial charge in [-0.3, -0.25) is 4.79 Å². The number of carbonyl (C=O) groups is 2. The number of carbonyl (C=O) groups excluding carboxylic acids is 2. The normalized spacial score (nSPS) is 11.1. The van der Waals surface area contributed by atoms with Crippen LogP contribution in [-0.4, -0.2) is 18.5 Å². The summed E-state index contributed by atoms with van der Waals surface area (Å²) in [4.78, 5) is 23.3. The van der Waals surface area contributed by atoms with Crippen molar-refractivity contribution in [3.63, 3.8) is 0 Å². The Morgan fingerprint density at radius 1 is 1.30 bits per heavy atom. The third kappa shape index (κ3) is 4.58. The second kappa shape index (κ2) is 7.74. The smallest absolute Gasteiger partial charge is 0.348 e. The predicted octanol–water partition coefficient (Wildman–Crippen LogP) is 2.42. The molecule has 5 nitrogen and oxygen atoms in total. The maximum atomic E-state index is 11.8. The molecule has 0 spiro atoms. The highest BCUT2D eigenvalue weighted by Crippen LogP contribution is 2.12. The molecular formula is C15H16N2O3. The third-order valence-corrected chi connectivity index (χ3v) is 2.50. The lowest BCUT2D eigenvalue weighted by atomic mass is 10.1. The van der Waals surface area contributed by atoms with Crippen LogP contribution < -0.4 is 5.32 Å². The van der Waals surface area contributed by atoms with Gasteiger partial charge in [-0.1, -0.05) is 18.2 Å². The van der Waals surface area contributed by atoms with Gasteiger partial charge in [0.15, 0.2) is 0 Å². The Bertz CT molecular complexity index is 556. The molecule has 104 valence electrons. The monoisotopic (exact) mass is 272 g/mol. The van der Waals surface area contributed by atoms with Crippen LogP contribution in [0.3, 0.4) is 0 Å². The zero-order chi connectivity index (χ0) is 15.0. The number of hydrogen-bond acceptors (Lipinski definition) is 4. The zero-order valence-electron chi connectivity index (χ0n) is 11.5. The van der Waals surface area contributed by atoms with Crippen LogP contribution in [0.5, 0.6) is 0 Å². The van der Waals surface area contributed by atoms with Crippen molar-refractivity contribution in [3.05, 3.63) is 41.5 Å². The van der Waals surface area contributed by atoms with E-state index in [1.54, 1.807) is 44.2 Å². The standard InChI is InChI=1S/C15H16N2O3/c1-3-20-15(19)13(10-16)11(2)9-14(18)17-12-7-5-4-6-8-12/h4-8H,3,9H2,1-2H3,(H,17,18). The van der Waals surface area contributed by atoms with Crippen LogP contribution in [0.25, 0.3) is 0 Å². The number of para-hydroxylation sites is 1. The molecule has 0 aliphatic heterocycles. The van der Waals surface area contributed by atoms with E-state index in [1.165, 1.54) is 0 Å². The molecular weight excluding hydrogens is 256 g/mol. The first-order chi connectivity index (χ1) is 9.58. The molecule has 0 bridgehead atoms. The van der Waals surface area contributed by atoms with Crippen molar-refractivity contribution in [3.8, 4) is 6.07 Å². The Labute approximate surface area is 117 Å². The van der Waals surface area contributed by atoms with Crippen LogP contribution in [0.2, 0.25) is 0 Å². The summed E-state index contributed by atoms with van der Waals surface area (Å²) in [6.07, 6.45) is -0.0311. The van der Waals surface area contributed by atoms with Crippen LogP contribution in [-0.2, 0) is 14.3 Å². The molecule has 0 aromatic heterocycles. The van der Waals surface area contributed by atoms with Crippen LogP contribution in [0.4, 0.5) is 5.69 Å². The first-order valence-corrected chi connectivity index (χ1v) is 6.20. The lowest BCUT2D eigenvalue weighted by Crippen LogP contribution is -2.14. The van der Waals surface area contributed by atoms with E-state index in [1.807, 2.05) is 6.07 Å². The van der Waals surface area contributed by atoms with E-state index >= 15 is 0 Å². The van der Waals surface area contributed by atoms with Crippen LogP contribution in [0.1, 0.15) is 20.3 Å².